The van der Waals surface area contributed by atoms with Crippen LogP contribution in [0.25, 0.3) is 22.4 Å². The van der Waals surface area contributed by atoms with E-state index in [-0.39, 0.29) is 0 Å². The van der Waals surface area contributed by atoms with Gasteiger partial charge in [-0.1, -0.05) is 23.7 Å². The van der Waals surface area contributed by atoms with Gasteiger partial charge in [0, 0.05) is 10.6 Å². The number of alkyl halides is 3. The van der Waals surface area contributed by atoms with E-state index in [9.17, 15) is 13.2 Å². The molecule has 1 heterocycles. The first-order chi connectivity index (χ1) is 9.84. The third-order valence-corrected chi connectivity index (χ3v) is 3.28. The van der Waals surface area contributed by atoms with E-state index in [1.54, 1.807) is 12.1 Å². The first kappa shape index (κ1) is 13.8. The number of hydrogen-bond acceptors (Lipinski definition) is 2. The summed E-state index contributed by atoms with van der Waals surface area (Å²) in [6, 6.07) is 7.98. The molecule has 0 saturated heterocycles. The van der Waals surface area contributed by atoms with E-state index >= 15 is 0 Å². The van der Waals surface area contributed by atoms with Gasteiger partial charge in [-0.3, -0.25) is 0 Å². The molecule has 0 bridgehead atoms. The standard InChI is InChI=1S/C14H9ClF3N3/c15-9-5-10(19)12-11(6-9)20-13(21-12)7-1-3-8(4-2-7)14(16,17)18/h1-6H,19H2,(H,20,21). The maximum absolute atomic E-state index is 12.5. The summed E-state index contributed by atoms with van der Waals surface area (Å²) in [6.45, 7) is 0. The normalized spacial score (nSPS) is 12.0. The molecule has 3 N–H and O–H groups in total. The molecule has 0 amide bonds. The maximum atomic E-state index is 12.5. The van der Waals surface area contributed by atoms with Gasteiger partial charge in [0.25, 0.3) is 0 Å². The Morgan fingerprint density at radius 2 is 1.76 bits per heavy atom. The van der Waals surface area contributed by atoms with E-state index in [4.69, 9.17) is 17.3 Å². The lowest BCUT2D eigenvalue weighted by atomic mass is 10.1. The van der Waals surface area contributed by atoms with Gasteiger partial charge in [-0.05, 0) is 24.3 Å². The molecule has 2 aromatic carbocycles. The molecular formula is C14H9ClF3N3. The van der Waals surface area contributed by atoms with Crippen molar-refractivity contribution in [3.05, 3.63) is 47.0 Å². The highest BCUT2D eigenvalue weighted by Crippen LogP contribution is 2.31. The Hall–Kier alpha value is -2.21. The first-order valence-corrected chi connectivity index (χ1v) is 6.35. The minimum absolute atomic E-state index is 0.409. The number of halogens is 4. The number of nitrogens with two attached hydrogens (primary N) is 1. The fourth-order valence-corrected chi connectivity index (χ4v) is 2.29. The molecule has 0 aliphatic rings. The van der Waals surface area contributed by atoms with Crippen molar-refractivity contribution in [1.82, 2.24) is 9.97 Å². The molecule has 1 aromatic heterocycles. The Labute approximate surface area is 122 Å². The molecule has 3 nitrogen and oxygen atoms in total. The van der Waals surface area contributed by atoms with Gasteiger partial charge in [-0.15, -0.1) is 0 Å². The Morgan fingerprint density at radius 3 is 2.38 bits per heavy atom. The van der Waals surface area contributed by atoms with Crippen LogP contribution in [0.15, 0.2) is 36.4 Å². The molecule has 3 aromatic rings. The second kappa shape index (κ2) is 4.66. The largest absolute Gasteiger partial charge is 0.416 e. The number of aromatic amines is 1. The van der Waals surface area contributed by atoms with Gasteiger partial charge in [0.05, 0.1) is 16.8 Å². The molecular weight excluding hydrogens is 303 g/mol. The van der Waals surface area contributed by atoms with Gasteiger partial charge in [0.2, 0.25) is 0 Å². The smallest absolute Gasteiger partial charge is 0.397 e. The lowest BCUT2D eigenvalue weighted by Gasteiger charge is -2.06. The van der Waals surface area contributed by atoms with Crippen molar-refractivity contribution in [2.45, 2.75) is 6.18 Å². The summed E-state index contributed by atoms with van der Waals surface area (Å²) in [5, 5.41) is 0.461. The molecule has 108 valence electrons. The van der Waals surface area contributed by atoms with Gasteiger partial charge >= 0.3 is 6.18 Å². The number of fused-ring (bicyclic) bond motifs is 1. The second-order valence-corrected chi connectivity index (χ2v) is 4.99. The van der Waals surface area contributed by atoms with Crippen LogP contribution in [-0.2, 0) is 6.18 Å². The van der Waals surface area contributed by atoms with Crippen molar-refractivity contribution >= 4 is 28.3 Å². The lowest BCUT2D eigenvalue weighted by molar-refractivity contribution is -0.137. The minimum Gasteiger partial charge on any atom is -0.397 e. The van der Waals surface area contributed by atoms with Gasteiger partial charge in [-0.25, -0.2) is 4.98 Å². The number of anilines is 1. The molecule has 0 aliphatic heterocycles. The van der Waals surface area contributed by atoms with E-state index in [0.29, 0.717) is 33.1 Å². The van der Waals surface area contributed by atoms with Crippen LogP contribution in [0.4, 0.5) is 18.9 Å². The lowest BCUT2D eigenvalue weighted by Crippen LogP contribution is -2.04. The van der Waals surface area contributed by atoms with E-state index in [1.165, 1.54) is 12.1 Å². The average molecular weight is 312 g/mol. The predicted molar refractivity (Wildman–Crippen MR) is 76.0 cm³/mol. The van der Waals surface area contributed by atoms with Crippen molar-refractivity contribution < 1.29 is 13.2 Å². The topological polar surface area (TPSA) is 54.7 Å². The number of aromatic nitrogens is 2. The SMILES string of the molecule is Nc1cc(Cl)cc2[nH]c(-c3ccc(C(F)(F)F)cc3)nc12. The predicted octanol–water partition coefficient (Wildman–Crippen LogP) is 4.48. The summed E-state index contributed by atoms with van der Waals surface area (Å²) in [7, 11) is 0. The van der Waals surface area contributed by atoms with Gasteiger partial charge in [-0.2, -0.15) is 13.2 Å². The van der Waals surface area contributed by atoms with E-state index in [2.05, 4.69) is 9.97 Å². The zero-order chi connectivity index (χ0) is 15.2. The number of benzene rings is 2. The van der Waals surface area contributed by atoms with E-state index < -0.39 is 11.7 Å². The molecule has 7 heteroatoms. The average Bonchev–Trinajstić information content (AvgIpc) is 2.82. The van der Waals surface area contributed by atoms with E-state index in [0.717, 1.165) is 12.1 Å². The van der Waals surface area contributed by atoms with Gasteiger partial charge in [0.15, 0.2) is 0 Å². The Bertz CT molecular complexity index is 807. The van der Waals surface area contributed by atoms with Crippen molar-refractivity contribution in [2.24, 2.45) is 0 Å². The number of hydrogen-bond donors (Lipinski definition) is 2. The summed E-state index contributed by atoms with van der Waals surface area (Å²) in [5.41, 5.74) is 7.23. The Balaban J connectivity index is 2.06. The minimum atomic E-state index is -4.36. The third kappa shape index (κ3) is 2.54. The summed E-state index contributed by atoms with van der Waals surface area (Å²) in [5.74, 6) is 0.438. The molecule has 21 heavy (non-hydrogen) atoms. The van der Waals surface area contributed by atoms with Crippen LogP contribution < -0.4 is 5.73 Å². The number of rotatable bonds is 1. The highest BCUT2D eigenvalue weighted by Gasteiger charge is 2.30. The third-order valence-electron chi connectivity index (χ3n) is 3.07. The van der Waals surface area contributed by atoms with Crippen LogP contribution in [0.5, 0.6) is 0 Å². The quantitative estimate of drug-likeness (QED) is 0.651. The fraction of sp³-hybridized carbons (Fsp3) is 0.0714. The number of nitrogen functional groups attached to an aromatic ring is 1. The molecule has 0 unspecified atom stereocenters. The van der Waals surface area contributed by atoms with Crippen LogP contribution in [0.3, 0.4) is 0 Å². The summed E-state index contributed by atoms with van der Waals surface area (Å²) in [4.78, 5) is 7.29. The number of nitrogens with one attached hydrogen (secondary N) is 1. The van der Waals surface area contributed by atoms with Crippen LogP contribution in [-0.4, -0.2) is 9.97 Å². The fourth-order valence-electron chi connectivity index (χ4n) is 2.06. The molecule has 0 aliphatic carbocycles. The second-order valence-electron chi connectivity index (χ2n) is 4.55. The summed E-state index contributed by atoms with van der Waals surface area (Å²) >= 11 is 5.90. The van der Waals surface area contributed by atoms with E-state index in [1.807, 2.05) is 0 Å². The number of imidazole rings is 1. The van der Waals surface area contributed by atoms with Crippen molar-refractivity contribution in [1.29, 1.82) is 0 Å². The highest BCUT2D eigenvalue weighted by atomic mass is 35.5. The molecule has 0 spiro atoms. The Morgan fingerprint density at radius 1 is 1.10 bits per heavy atom. The molecule has 0 atom stereocenters. The first-order valence-electron chi connectivity index (χ1n) is 5.97. The molecule has 0 radical (unpaired) electrons. The van der Waals surface area contributed by atoms with Crippen LogP contribution in [0, 0.1) is 0 Å². The molecule has 0 fully saturated rings. The zero-order valence-corrected chi connectivity index (χ0v) is 11.3. The Kier molecular flexibility index (Phi) is 3.06. The maximum Gasteiger partial charge on any atom is 0.416 e. The van der Waals surface area contributed by atoms with Crippen LogP contribution in [0.2, 0.25) is 5.02 Å². The van der Waals surface area contributed by atoms with Gasteiger partial charge in [0.1, 0.15) is 11.3 Å². The van der Waals surface area contributed by atoms with Crippen LogP contribution >= 0.6 is 11.6 Å². The highest BCUT2D eigenvalue weighted by molar-refractivity contribution is 6.31. The summed E-state index contributed by atoms with van der Waals surface area (Å²) in [6.07, 6.45) is -4.36. The number of nitrogens with zero attached hydrogens (tertiary/aromatic N) is 1. The molecule has 0 saturated carbocycles. The molecule has 3 rings (SSSR count). The monoisotopic (exact) mass is 311 g/mol. The van der Waals surface area contributed by atoms with Crippen molar-refractivity contribution in [2.75, 3.05) is 5.73 Å². The number of H-pyrrole nitrogens is 1. The van der Waals surface area contributed by atoms with Gasteiger partial charge < -0.3 is 10.7 Å². The van der Waals surface area contributed by atoms with Crippen LogP contribution in [0.1, 0.15) is 5.56 Å². The van der Waals surface area contributed by atoms with Crippen molar-refractivity contribution in [3.8, 4) is 11.4 Å². The van der Waals surface area contributed by atoms with Crippen molar-refractivity contribution in [3.63, 3.8) is 0 Å². The summed E-state index contributed by atoms with van der Waals surface area (Å²) < 4.78 is 37.6. The zero-order valence-electron chi connectivity index (χ0n) is 10.5.